The fourth-order valence-corrected chi connectivity index (χ4v) is 1.99. The number of benzene rings is 1. The first-order valence-corrected chi connectivity index (χ1v) is 6.80. The van der Waals surface area contributed by atoms with Crippen molar-refractivity contribution in [3.05, 3.63) is 47.1 Å². The molecule has 1 unspecified atom stereocenters. The molecule has 0 saturated carbocycles. The van der Waals surface area contributed by atoms with Crippen LogP contribution in [0.4, 0.5) is 0 Å². The quantitative estimate of drug-likeness (QED) is 0.865. The molecule has 0 amide bonds. The molecule has 2 N–H and O–H groups in total. The van der Waals surface area contributed by atoms with E-state index < -0.39 is 0 Å². The molecule has 19 heavy (non-hydrogen) atoms. The zero-order chi connectivity index (χ0) is 13.7. The highest BCUT2D eigenvalue weighted by Crippen LogP contribution is 2.11. The summed E-state index contributed by atoms with van der Waals surface area (Å²) in [6.45, 7) is 4.18. The van der Waals surface area contributed by atoms with Gasteiger partial charge in [-0.05, 0) is 30.9 Å². The molecule has 102 valence electrons. The van der Waals surface area contributed by atoms with Crippen LogP contribution in [0.1, 0.15) is 36.2 Å². The molecule has 1 aromatic heterocycles. The number of hydrogen-bond donors (Lipinski definition) is 1. The molecule has 1 aromatic carbocycles. The van der Waals surface area contributed by atoms with Crippen molar-refractivity contribution in [1.29, 1.82) is 0 Å². The van der Waals surface area contributed by atoms with Crippen LogP contribution >= 0.6 is 0 Å². The number of rotatable bonds is 6. The number of nitrogens with zero attached hydrogens (tertiary/aromatic N) is 2. The minimum Gasteiger partial charge on any atom is -0.339 e. The molecule has 0 saturated heterocycles. The van der Waals surface area contributed by atoms with Crippen LogP contribution in [0.2, 0.25) is 0 Å². The van der Waals surface area contributed by atoms with E-state index in [4.69, 9.17) is 10.3 Å². The smallest absolute Gasteiger partial charge is 0.226 e. The lowest BCUT2D eigenvalue weighted by atomic mass is 10.0. The SMILES string of the molecule is CCC(N)Cc1noc(CCc2ccccc2C)n1. The van der Waals surface area contributed by atoms with Crippen LogP contribution in [0.15, 0.2) is 28.8 Å². The molecule has 0 bridgehead atoms. The number of aromatic nitrogens is 2. The van der Waals surface area contributed by atoms with E-state index in [9.17, 15) is 0 Å². The van der Waals surface area contributed by atoms with Crippen molar-refractivity contribution in [2.24, 2.45) is 5.73 Å². The Kier molecular flexibility index (Phi) is 4.68. The average molecular weight is 259 g/mol. The Labute approximate surface area is 114 Å². The Hall–Kier alpha value is -1.68. The maximum atomic E-state index is 5.88. The highest BCUT2D eigenvalue weighted by molar-refractivity contribution is 5.25. The van der Waals surface area contributed by atoms with Gasteiger partial charge in [-0.2, -0.15) is 4.98 Å². The van der Waals surface area contributed by atoms with Gasteiger partial charge in [0.05, 0.1) is 0 Å². The van der Waals surface area contributed by atoms with Gasteiger partial charge < -0.3 is 10.3 Å². The molecule has 0 radical (unpaired) electrons. The minimum absolute atomic E-state index is 0.113. The Morgan fingerprint density at radius 1 is 1.26 bits per heavy atom. The largest absolute Gasteiger partial charge is 0.339 e. The van der Waals surface area contributed by atoms with E-state index in [-0.39, 0.29) is 6.04 Å². The Balaban J connectivity index is 1.92. The predicted molar refractivity (Wildman–Crippen MR) is 74.9 cm³/mol. The summed E-state index contributed by atoms with van der Waals surface area (Å²) in [5.74, 6) is 1.41. The van der Waals surface area contributed by atoms with E-state index in [1.807, 2.05) is 0 Å². The molecule has 1 atom stereocenters. The Bertz CT molecular complexity index is 522. The van der Waals surface area contributed by atoms with Crippen molar-refractivity contribution in [1.82, 2.24) is 10.1 Å². The molecular formula is C15H21N3O. The molecule has 2 aromatic rings. The van der Waals surface area contributed by atoms with E-state index in [0.29, 0.717) is 18.1 Å². The van der Waals surface area contributed by atoms with Crippen molar-refractivity contribution >= 4 is 0 Å². The molecule has 0 aliphatic carbocycles. The standard InChI is InChI=1S/C15H21N3O/c1-3-13(16)10-14-17-15(19-18-14)9-8-12-7-5-4-6-11(12)2/h4-7,13H,3,8-10,16H2,1-2H3. The summed E-state index contributed by atoms with van der Waals surface area (Å²) < 4.78 is 5.25. The number of hydrogen-bond acceptors (Lipinski definition) is 4. The second-order valence-corrected chi connectivity index (χ2v) is 4.90. The van der Waals surface area contributed by atoms with Crippen LogP contribution in [0.5, 0.6) is 0 Å². The lowest BCUT2D eigenvalue weighted by Gasteiger charge is -2.03. The van der Waals surface area contributed by atoms with Crippen LogP contribution in [0, 0.1) is 6.92 Å². The Morgan fingerprint density at radius 3 is 2.79 bits per heavy atom. The first kappa shape index (κ1) is 13.7. The van der Waals surface area contributed by atoms with E-state index in [2.05, 4.69) is 48.3 Å². The van der Waals surface area contributed by atoms with Crippen LogP contribution in [-0.4, -0.2) is 16.2 Å². The van der Waals surface area contributed by atoms with Crippen molar-refractivity contribution in [3.63, 3.8) is 0 Å². The molecule has 4 nitrogen and oxygen atoms in total. The van der Waals surface area contributed by atoms with Gasteiger partial charge in [0.25, 0.3) is 0 Å². The molecule has 1 heterocycles. The summed E-state index contributed by atoms with van der Waals surface area (Å²) >= 11 is 0. The second kappa shape index (κ2) is 6.48. The zero-order valence-electron chi connectivity index (χ0n) is 11.6. The van der Waals surface area contributed by atoms with Crippen molar-refractivity contribution in [2.75, 3.05) is 0 Å². The molecule has 4 heteroatoms. The summed E-state index contributed by atoms with van der Waals surface area (Å²) in [4.78, 5) is 4.39. The average Bonchev–Trinajstić information content (AvgIpc) is 2.85. The Morgan fingerprint density at radius 2 is 2.05 bits per heavy atom. The van der Waals surface area contributed by atoms with Crippen molar-refractivity contribution in [3.8, 4) is 0 Å². The maximum Gasteiger partial charge on any atom is 0.226 e. The van der Waals surface area contributed by atoms with Crippen molar-refractivity contribution < 1.29 is 4.52 Å². The molecule has 0 fully saturated rings. The van der Waals surface area contributed by atoms with Gasteiger partial charge in [0.1, 0.15) is 0 Å². The van der Waals surface area contributed by atoms with E-state index in [1.54, 1.807) is 0 Å². The fraction of sp³-hybridized carbons (Fsp3) is 0.467. The second-order valence-electron chi connectivity index (χ2n) is 4.90. The number of nitrogens with two attached hydrogens (primary N) is 1. The van der Waals surface area contributed by atoms with E-state index >= 15 is 0 Å². The molecule has 0 aliphatic rings. The third-order valence-corrected chi connectivity index (χ3v) is 3.35. The fourth-order valence-electron chi connectivity index (χ4n) is 1.99. The van der Waals surface area contributed by atoms with Gasteiger partial charge in [0.2, 0.25) is 5.89 Å². The van der Waals surface area contributed by atoms with Crippen LogP contribution in [0.3, 0.4) is 0 Å². The molecule has 0 spiro atoms. The van der Waals surface area contributed by atoms with Crippen LogP contribution < -0.4 is 5.73 Å². The third kappa shape index (κ3) is 3.89. The topological polar surface area (TPSA) is 64.9 Å². The van der Waals surface area contributed by atoms with E-state index in [1.165, 1.54) is 11.1 Å². The van der Waals surface area contributed by atoms with Crippen molar-refractivity contribution in [2.45, 2.75) is 45.6 Å². The lowest BCUT2D eigenvalue weighted by Crippen LogP contribution is -2.22. The summed E-state index contributed by atoms with van der Waals surface area (Å²) in [5.41, 5.74) is 8.51. The van der Waals surface area contributed by atoms with Gasteiger partial charge in [0.15, 0.2) is 5.82 Å². The molecule has 0 aliphatic heterocycles. The zero-order valence-corrected chi connectivity index (χ0v) is 11.6. The van der Waals surface area contributed by atoms with Crippen LogP contribution in [0.25, 0.3) is 0 Å². The van der Waals surface area contributed by atoms with E-state index in [0.717, 1.165) is 19.3 Å². The van der Waals surface area contributed by atoms with Gasteiger partial charge in [-0.15, -0.1) is 0 Å². The van der Waals surface area contributed by atoms with Gasteiger partial charge in [0, 0.05) is 18.9 Å². The monoisotopic (exact) mass is 259 g/mol. The summed E-state index contributed by atoms with van der Waals surface area (Å²) in [6.07, 6.45) is 3.31. The summed E-state index contributed by atoms with van der Waals surface area (Å²) in [5, 5.41) is 3.97. The van der Waals surface area contributed by atoms with Gasteiger partial charge >= 0.3 is 0 Å². The highest BCUT2D eigenvalue weighted by Gasteiger charge is 2.10. The predicted octanol–water partition coefficient (Wildman–Crippen LogP) is 2.44. The van der Waals surface area contributed by atoms with Gasteiger partial charge in [-0.25, -0.2) is 0 Å². The van der Waals surface area contributed by atoms with Gasteiger partial charge in [-0.3, -0.25) is 0 Å². The van der Waals surface area contributed by atoms with Crippen LogP contribution in [-0.2, 0) is 19.3 Å². The first-order valence-electron chi connectivity index (χ1n) is 6.80. The minimum atomic E-state index is 0.113. The summed E-state index contributed by atoms with van der Waals surface area (Å²) in [6, 6.07) is 8.48. The normalized spacial score (nSPS) is 12.6. The molecule has 2 rings (SSSR count). The number of aryl methyl sites for hydroxylation is 3. The highest BCUT2D eigenvalue weighted by atomic mass is 16.5. The first-order chi connectivity index (χ1) is 9.19. The third-order valence-electron chi connectivity index (χ3n) is 3.35. The van der Waals surface area contributed by atoms with Gasteiger partial charge in [-0.1, -0.05) is 36.3 Å². The summed E-state index contributed by atoms with van der Waals surface area (Å²) in [7, 11) is 0. The maximum absolute atomic E-state index is 5.88. The molecular weight excluding hydrogens is 238 g/mol. The lowest BCUT2D eigenvalue weighted by molar-refractivity contribution is 0.371.